The van der Waals surface area contributed by atoms with Gasteiger partial charge in [0, 0.05) is 5.56 Å². The van der Waals surface area contributed by atoms with Crippen LogP contribution in [0.15, 0.2) is 59.5 Å². The molecule has 140 valence electrons. The second-order valence-corrected chi connectivity index (χ2v) is 7.11. The highest BCUT2D eigenvalue weighted by Crippen LogP contribution is 2.37. The molecule has 0 fully saturated rings. The highest BCUT2D eigenvalue weighted by molar-refractivity contribution is 7.92. The second-order valence-electron chi connectivity index (χ2n) is 5.43. The minimum Gasteiger partial charge on any atom is -0.276 e. The molecule has 0 saturated heterocycles. The van der Waals surface area contributed by atoms with Crippen molar-refractivity contribution in [2.45, 2.75) is 4.90 Å². The standard InChI is InChI=1S/C18H10F5NO2S/c19-11-8-6-10(7-9-11)13-14(20)15(21)16(22)17(23)18(13)24-27(25,26)12-4-2-1-3-5-12/h1-9,24H. The average Bonchev–Trinajstić information content (AvgIpc) is 2.66. The number of rotatable bonds is 4. The molecule has 0 atom stereocenters. The van der Waals surface area contributed by atoms with Gasteiger partial charge in [-0.2, -0.15) is 0 Å². The summed E-state index contributed by atoms with van der Waals surface area (Å²) in [6.07, 6.45) is 0. The van der Waals surface area contributed by atoms with E-state index in [1.807, 2.05) is 0 Å². The van der Waals surface area contributed by atoms with Crippen molar-refractivity contribution in [2.24, 2.45) is 0 Å². The third-order valence-electron chi connectivity index (χ3n) is 3.69. The summed E-state index contributed by atoms with van der Waals surface area (Å²) in [5.41, 5.74) is -2.26. The van der Waals surface area contributed by atoms with Gasteiger partial charge in [0.1, 0.15) is 5.82 Å². The highest BCUT2D eigenvalue weighted by Gasteiger charge is 2.29. The van der Waals surface area contributed by atoms with Gasteiger partial charge in [-0.25, -0.2) is 30.4 Å². The Kier molecular flexibility index (Phi) is 4.88. The van der Waals surface area contributed by atoms with Crippen LogP contribution in [0, 0.1) is 29.1 Å². The van der Waals surface area contributed by atoms with Crippen LogP contribution in [0.5, 0.6) is 0 Å². The first-order valence-corrected chi connectivity index (χ1v) is 8.90. The molecule has 0 saturated carbocycles. The summed E-state index contributed by atoms with van der Waals surface area (Å²) in [6, 6.07) is 10.4. The molecule has 0 aliphatic rings. The molecule has 27 heavy (non-hydrogen) atoms. The molecule has 0 aromatic heterocycles. The molecule has 0 spiro atoms. The zero-order valence-electron chi connectivity index (χ0n) is 13.3. The van der Waals surface area contributed by atoms with Gasteiger partial charge in [0.05, 0.1) is 10.6 Å². The molecule has 3 nitrogen and oxygen atoms in total. The van der Waals surface area contributed by atoms with Crippen LogP contribution in [0.2, 0.25) is 0 Å². The van der Waals surface area contributed by atoms with Gasteiger partial charge in [-0.05, 0) is 29.8 Å². The molecule has 3 rings (SSSR count). The van der Waals surface area contributed by atoms with Gasteiger partial charge >= 0.3 is 0 Å². The monoisotopic (exact) mass is 399 g/mol. The molecule has 0 unspecified atom stereocenters. The van der Waals surface area contributed by atoms with Crippen LogP contribution in [0.25, 0.3) is 11.1 Å². The fourth-order valence-electron chi connectivity index (χ4n) is 2.41. The third-order valence-corrected chi connectivity index (χ3v) is 5.06. The summed E-state index contributed by atoms with van der Waals surface area (Å²) >= 11 is 0. The minimum atomic E-state index is -4.44. The van der Waals surface area contributed by atoms with Gasteiger partial charge in [-0.3, -0.25) is 4.72 Å². The van der Waals surface area contributed by atoms with E-state index in [9.17, 15) is 30.4 Å². The Morgan fingerprint density at radius 1 is 0.667 bits per heavy atom. The van der Waals surface area contributed by atoms with E-state index in [4.69, 9.17) is 0 Å². The maximum absolute atomic E-state index is 14.4. The molecule has 1 N–H and O–H groups in total. The van der Waals surface area contributed by atoms with Gasteiger partial charge in [-0.15, -0.1) is 0 Å². The molecule has 0 aliphatic carbocycles. The van der Waals surface area contributed by atoms with Crippen LogP contribution in [-0.2, 0) is 10.0 Å². The van der Waals surface area contributed by atoms with E-state index >= 15 is 0 Å². The lowest BCUT2D eigenvalue weighted by Gasteiger charge is -2.16. The molecule has 3 aromatic rings. The predicted molar refractivity (Wildman–Crippen MR) is 88.9 cm³/mol. The molecule has 0 aliphatic heterocycles. The fraction of sp³-hybridized carbons (Fsp3) is 0. The lowest BCUT2D eigenvalue weighted by Crippen LogP contribution is -2.17. The zero-order chi connectivity index (χ0) is 19.8. The Morgan fingerprint density at radius 2 is 1.22 bits per heavy atom. The number of anilines is 1. The summed E-state index contributed by atoms with van der Waals surface area (Å²) in [5, 5.41) is 0. The van der Waals surface area contributed by atoms with E-state index in [0.29, 0.717) is 0 Å². The number of nitrogens with one attached hydrogen (secondary N) is 1. The van der Waals surface area contributed by atoms with Crippen LogP contribution in [-0.4, -0.2) is 8.42 Å². The molecule has 0 radical (unpaired) electrons. The van der Waals surface area contributed by atoms with Crippen LogP contribution in [0.1, 0.15) is 0 Å². The van der Waals surface area contributed by atoms with Crippen molar-refractivity contribution in [1.82, 2.24) is 0 Å². The van der Waals surface area contributed by atoms with E-state index in [1.54, 1.807) is 4.72 Å². The van der Waals surface area contributed by atoms with E-state index in [2.05, 4.69) is 0 Å². The molecular weight excluding hydrogens is 389 g/mol. The zero-order valence-corrected chi connectivity index (χ0v) is 14.1. The molecule has 9 heteroatoms. The quantitative estimate of drug-likeness (QED) is 0.387. The smallest absolute Gasteiger partial charge is 0.262 e. The number of hydrogen-bond acceptors (Lipinski definition) is 2. The lowest BCUT2D eigenvalue weighted by atomic mass is 10.0. The largest absolute Gasteiger partial charge is 0.276 e. The van der Waals surface area contributed by atoms with Crippen molar-refractivity contribution >= 4 is 15.7 Å². The van der Waals surface area contributed by atoms with Crippen molar-refractivity contribution < 1.29 is 30.4 Å². The van der Waals surface area contributed by atoms with E-state index in [1.165, 1.54) is 30.3 Å². The first-order valence-electron chi connectivity index (χ1n) is 7.42. The average molecular weight is 399 g/mol. The number of hydrogen-bond donors (Lipinski definition) is 1. The van der Waals surface area contributed by atoms with Gasteiger partial charge in [0.15, 0.2) is 23.3 Å². The van der Waals surface area contributed by atoms with Crippen LogP contribution in [0.3, 0.4) is 0 Å². The highest BCUT2D eigenvalue weighted by atomic mass is 32.2. The lowest BCUT2D eigenvalue weighted by molar-refractivity contribution is 0.413. The minimum absolute atomic E-state index is 0.252. The topological polar surface area (TPSA) is 46.2 Å². The van der Waals surface area contributed by atoms with Gasteiger partial charge < -0.3 is 0 Å². The predicted octanol–water partition coefficient (Wildman–Crippen LogP) is 4.85. The number of benzene rings is 3. The van der Waals surface area contributed by atoms with Crippen LogP contribution in [0.4, 0.5) is 27.6 Å². The third kappa shape index (κ3) is 3.50. The first-order chi connectivity index (χ1) is 12.7. The van der Waals surface area contributed by atoms with Gasteiger partial charge in [0.25, 0.3) is 10.0 Å². The Hall–Kier alpha value is -2.94. The maximum atomic E-state index is 14.4. The molecule has 0 amide bonds. The Morgan fingerprint density at radius 3 is 1.81 bits per heavy atom. The molecule has 3 aromatic carbocycles. The molecule has 0 bridgehead atoms. The Balaban J connectivity index is 2.24. The summed E-state index contributed by atoms with van der Waals surface area (Å²) in [6.45, 7) is 0. The molecule has 0 heterocycles. The van der Waals surface area contributed by atoms with Gasteiger partial charge in [-0.1, -0.05) is 30.3 Å². The Bertz CT molecular complexity index is 1100. The number of sulfonamides is 1. The van der Waals surface area contributed by atoms with Crippen LogP contribution < -0.4 is 4.72 Å². The maximum Gasteiger partial charge on any atom is 0.262 e. The van der Waals surface area contributed by atoms with E-state index < -0.39 is 50.4 Å². The second kappa shape index (κ2) is 6.99. The van der Waals surface area contributed by atoms with Crippen molar-refractivity contribution in [3.63, 3.8) is 0 Å². The SMILES string of the molecule is O=S(=O)(Nc1c(F)c(F)c(F)c(F)c1-c1ccc(F)cc1)c1ccccc1. The summed E-state index contributed by atoms with van der Waals surface area (Å²) < 4.78 is 95.8. The van der Waals surface area contributed by atoms with Crippen molar-refractivity contribution in [1.29, 1.82) is 0 Å². The van der Waals surface area contributed by atoms with E-state index in [-0.39, 0.29) is 10.5 Å². The fourth-order valence-corrected chi connectivity index (χ4v) is 3.50. The summed E-state index contributed by atoms with van der Waals surface area (Å²) in [7, 11) is -4.44. The Labute approximate surface area is 151 Å². The molecular formula is C18H10F5NO2S. The number of halogens is 5. The van der Waals surface area contributed by atoms with E-state index in [0.717, 1.165) is 24.3 Å². The van der Waals surface area contributed by atoms with Crippen molar-refractivity contribution in [2.75, 3.05) is 4.72 Å². The van der Waals surface area contributed by atoms with Crippen molar-refractivity contribution in [3.05, 3.63) is 83.7 Å². The summed E-state index contributed by atoms with van der Waals surface area (Å²) in [5.74, 6) is -8.74. The van der Waals surface area contributed by atoms with Gasteiger partial charge in [0.2, 0.25) is 0 Å². The first kappa shape index (κ1) is 18.8. The van der Waals surface area contributed by atoms with Crippen LogP contribution >= 0.6 is 0 Å². The summed E-state index contributed by atoms with van der Waals surface area (Å²) in [4.78, 5) is -0.306. The van der Waals surface area contributed by atoms with Crippen molar-refractivity contribution in [3.8, 4) is 11.1 Å². The normalized spacial score (nSPS) is 11.4.